The molecule has 2 fully saturated rings. The number of aromatic nitrogens is 5. The highest BCUT2D eigenvalue weighted by atomic mass is 19.3. The van der Waals surface area contributed by atoms with Crippen LogP contribution in [-0.4, -0.2) is 75.6 Å². The van der Waals surface area contributed by atoms with Crippen LogP contribution in [-0.2, 0) is 4.79 Å². The van der Waals surface area contributed by atoms with Gasteiger partial charge in [0.1, 0.15) is 34.6 Å². The highest BCUT2D eigenvalue weighted by molar-refractivity contribution is 5.92. The highest BCUT2D eigenvalue weighted by Gasteiger charge is 2.45. The molecule has 0 bridgehead atoms. The minimum Gasteiger partial charge on any atom is -0.495 e. The Balaban J connectivity index is 1.32. The van der Waals surface area contributed by atoms with E-state index in [1.54, 1.807) is 26.4 Å². The van der Waals surface area contributed by atoms with Crippen LogP contribution in [0, 0.1) is 5.41 Å². The quantitative estimate of drug-likeness (QED) is 0.348. The normalized spacial score (nSPS) is 16.3. The molecule has 2 aliphatic heterocycles. The Morgan fingerprint density at radius 2 is 1.90 bits per heavy atom. The molecule has 6 heterocycles. The number of fused-ring (bicyclic) bond motifs is 1. The molecule has 0 unspecified atom stereocenters. The highest BCUT2D eigenvalue weighted by Crippen LogP contribution is 2.43. The first-order chi connectivity index (χ1) is 19.3. The SMILES string of the molecule is COc1cnc2[nH]cc(-c3nc(Nc4cc(OC(F)F)ccn4)cc(N4CC5(CCN(C(C)=O)CC5)C4)n3)c2c1. The smallest absolute Gasteiger partial charge is 0.387 e. The minimum atomic E-state index is -2.94. The van der Waals surface area contributed by atoms with E-state index in [4.69, 9.17) is 14.7 Å². The van der Waals surface area contributed by atoms with Crippen LogP contribution in [0.25, 0.3) is 22.4 Å². The first kappa shape index (κ1) is 25.7. The van der Waals surface area contributed by atoms with Gasteiger partial charge in [0.05, 0.1) is 13.3 Å². The first-order valence-corrected chi connectivity index (χ1v) is 12.9. The molecule has 1 spiro atoms. The average Bonchev–Trinajstić information content (AvgIpc) is 3.34. The molecule has 4 aromatic rings. The maximum Gasteiger partial charge on any atom is 0.387 e. The summed E-state index contributed by atoms with van der Waals surface area (Å²) in [6.45, 7) is 1.82. The van der Waals surface area contributed by atoms with Crippen LogP contribution in [0.2, 0.25) is 0 Å². The van der Waals surface area contributed by atoms with Gasteiger partial charge in [0.15, 0.2) is 5.82 Å². The standard InChI is InChI=1S/C27H28F2N8O3/c1-16(38)36-7-4-27(5-8-36)14-37(15-27)23-11-22(33-21-10-17(3-6-30-21)40-26(28)29)34-25(35-23)20-13-32-24-19(20)9-18(39-2)12-31-24/h3,6,9-13,26H,4-5,7-8,14-15H2,1-2H3,(H,31,32)(H,30,33,34,35). The second kappa shape index (κ2) is 10.2. The van der Waals surface area contributed by atoms with E-state index in [0.29, 0.717) is 28.9 Å². The fourth-order valence-corrected chi connectivity index (χ4v) is 5.39. The van der Waals surface area contributed by atoms with E-state index in [2.05, 4.69) is 29.9 Å². The number of hydrogen-bond donors (Lipinski definition) is 2. The van der Waals surface area contributed by atoms with Gasteiger partial charge in [-0.05, 0) is 25.0 Å². The van der Waals surface area contributed by atoms with Gasteiger partial charge < -0.3 is 29.6 Å². The number of rotatable bonds is 7. The zero-order valence-corrected chi connectivity index (χ0v) is 22.0. The molecular formula is C27H28F2N8O3. The van der Waals surface area contributed by atoms with Crippen LogP contribution in [0.5, 0.6) is 11.5 Å². The summed E-state index contributed by atoms with van der Waals surface area (Å²) in [5, 5.41) is 3.91. The predicted molar refractivity (Wildman–Crippen MR) is 144 cm³/mol. The number of likely N-dealkylation sites (tertiary alicyclic amines) is 1. The number of halogens is 2. The number of pyridine rings is 2. The van der Waals surface area contributed by atoms with E-state index in [1.807, 2.05) is 17.0 Å². The van der Waals surface area contributed by atoms with E-state index in [-0.39, 0.29) is 17.1 Å². The number of nitrogens with zero attached hydrogens (tertiary/aromatic N) is 6. The summed E-state index contributed by atoms with van der Waals surface area (Å²) in [6, 6.07) is 6.43. The summed E-state index contributed by atoms with van der Waals surface area (Å²) in [5.74, 6) is 2.62. The number of anilines is 3. The second-order valence-electron chi connectivity index (χ2n) is 10.2. The van der Waals surface area contributed by atoms with Crippen molar-refractivity contribution in [2.75, 3.05) is 43.5 Å². The molecule has 0 saturated carbocycles. The number of piperidine rings is 1. The molecule has 6 rings (SSSR count). The van der Waals surface area contributed by atoms with Gasteiger partial charge in [-0.25, -0.2) is 19.9 Å². The van der Waals surface area contributed by atoms with Crippen molar-refractivity contribution in [2.45, 2.75) is 26.4 Å². The van der Waals surface area contributed by atoms with Crippen LogP contribution < -0.4 is 19.7 Å². The van der Waals surface area contributed by atoms with E-state index in [0.717, 1.165) is 55.8 Å². The summed E-state index contributed by atoms with van der Waals surface area (Å²) >= 11 is 0. The molecule has 0 aliphatic carbocycles. The molecule has 0 radical (unpaired) electrons. The molecule has 13 heteroatoms. The van der Waals surface area contributed by atoms with Gasteiger partial charge in [-0.15, -0.1) is 0 Å². The third-order valence-electron chi connectivity index (χ3n) is 7.55. The van der Waals surface area contributed by atoms with Crippen molar-refractivity contribution < 1.29 is 23.0 Å². The molecule has 208 valence electrons. The average molecular weight is 551 g/mol. The summed E-state index contributed by atoms with van der Waals surface area (Å²) < 4.78 is 35.4. The number of H-pyrrole nitrogens is 1. The lowest BCUT2D eigenvalue weighted by Gasteiger charge is -2.54. The zero-order chi connectivity index (χ0) is 27.9. The lowest BCUT2D eigenvalue weighted by Crippen LogP contribution is -2.61. The van der Waals surface area contributed by atoms with Crippen LogP contribution >= 0.6 is 0 Å². The van der Waals surface area contributed by atoms with Gasteiger partial charge in [-0.2, -0.15) is 8.78 Å². The van der Waals surface area contributed by atoms with Crippen molar-refractivity contribution in [1.29, 1.82) is 0 Å². The minimum absolute atomic E-state index is 0.0154. The predicted octanol–water partition coefficient (Wildman–Crippen LogP) is 4.22. The van der Waals surface area contributed by atoms with Crippen LogP contribution in [0.1, 0.15) is 19.8 Å². The third-order valence-corrected chi connectivity index (χ3v) is 7.55. The maximum absolute atomic E-state index is 12.7. The van der Waals surface area contributed by atoms with Crippen LogP contribution in [0.4, 0.5) is 26.2 Å². The van der Waals surface area contributed by atoms with Crippen molar-refractivity contribution in [3.8, 4) is 22.9 Å². The molecule has 11 nitrogen and oxygen atoms in total. The van der Waals surface area contributed by atoms with Gasteiger partial charge in [0, 0.05) is 74.0 Å². The Hall–Kier alpha value is -4.55. The number of carbonyl (C=O) groups excluding carboxylic acids is 1. The van der Waals surface area contributed by atoms with Crippen molar-refractivity contribution in [2.24, 2.45) is 5.41 Å². The maximum atomic E-state index is 12.7. The van der Waals surface area contributed by atoms with Gasteiger partial charge in [-0.3, -0.25) is 4.79 Å². The van der Waals surface area contributed by atoms with Crippen molar-refractivity contribution in [1.82, 2.24) is 29.8 Å². The number of alkyl halides is 2. The summed E-state index contributed by atoms with van der Waals surface area (Å²) in [5.41, 5.74) is 1.54. The Morgan fingerprint density at radius 1 is 1.10 bits per heavy atom. The lowest BCUT2D eigenvalue weighted by atomic mass is 9.72. The fraction of sp³-hybridized carbons (Fsp3) is 0.370. The zero-order valence-electron chi connectivity index (χ0n) is 22.0. The van der Waals surface area contributed by atoms with Crippen molar-refractivity contribution >= 4 is 34.4 Å². The summed E-state index contributed by atoms with van der Waals surface area (Å²) in [6.07, 6.45) is 6.70. The third kappa shape index (κ3) is 5.06. The topological polar surface area (TPSA) is 121 Å². The van der Waals surface area contributed by atoms with E-state index in [9.17, 15) is 13.6 Å². The van der Waals surface area contributed by atoms with Gasteiger partial charge in [0.2, 0.25) is 5.91 Å². The molecule has 2 N–H and O–H groups in total. The molecule has 2 aliphatic rings. The molecular weight excluding hydrogens is 522 g/mol. The largest absolute Gasteiger partial charge is 0.495 e. The van der Waals surface area contributed by atoms with Gasteiger partial charge in [-0.1, -0.05) is 0 Å². The molecule has 40 heavy (non-hydrogen) atoms. The number of nitrogens with one attached hydrogen (secondary N) is 2. The van der Waals surface area contributed by atoms with Gasteiger partial charge in [0.25, 0.3) is 0 Å². The van der Waals surface area contributed by atoms with E-state index >= 15 is 0 Å². The lowest BCUT2D eigenvalue weighted by molar-refractivity contribution is -0.131. The number of methoxy groups -OCH3 is 1. The van der Waals surface area contributed by atoms with Crippen molar-refractivity contribution in [3.05, 3.63) is 42.9 Å². The molecule has 2 saturated heterocycles. The summed E-state index contributed by atoms with van der Waals surface area (Å²) in [4.78, 5) is 37.3. The Morgan fingerprint density at radius 3 is 2.62 bits per heavy atom. The fourth-order valence-electron chi connectivity index (χ4n) is 5.39. The van der Waals surface area contributed by atoms with Crippen molar-refractivity contribution in [3.63, 3.8) is 0 Å². The van der Waals surface area contributed by atoms with Crippen LogP contribution in [0.3, 0.4) is 0 Å². The number of aromatic amines is 1. The molecule has 4 aromatic heterocycles. The van der Waals surface area contributed by atoms with E-state index < -0.39 is 6.61 Å². The Labute approximate surface area is 228 Å². The monoisotopic (exact) mass is 550 g/mol. The number of ether oxygens (including phenoxy) is 2. The molecule has 1 amide bonds. The summed E-state index contributed by atoms with van der Waals surface area (Å²) in [7, 11) is 1.58. The molecule has 0 aromatic carbocycles. The van der Waals surface area contributed by atoms with Gasteiger partial charge >= 0.3 is 6.61 Å². The Kier molecular flexibility index (Phi) is 6.56. The first-order valence-electron chi connectivity index (χ1n) is 12.9. The van der Waals surface area contributed by atoms with E-state index in [1.165, 1.54) is 18.3 Å². The molecule has 0 atom stereocenters. The number of carbonyl (C=O) groups is 1. The Bertz CT molecular complexity index is 1550. The second-order valence-corrected chi connectivity index (χ2v) is 10.2. The van der Waals surface area contributed by atoms with Crippen LogP contribution in [0.15, 0.2) is 42.9 Å². The number of hydrogen-bond acceptors (Lipinski definition) is 9. The number of amides is 1.